The number of hydrogen-bond donors (Lipinski definition) is 1. The normalized spacial score (nSPS) is 15.1. The van der Waals surface area contributed by atoms with Crippen LogP contribution in [0.25, 0.3) is 0 Å². The van der Waals surface area contributed by atoms with Gasteiger partial charge in [-0.15, -0.1) is 0 Å². The summed E-state index contributed by atoms with van der Waals surface area (Å²) in [6, 6.07) is 13.4. The van der Waals surface area contributed by atoms with Gasteiger partial charge < -0.3 is 10.2 Å². The monoisotopic (exact) mass is 505 g/mol. The molecule has 1 fully saturated rings. The highest BCUT2D eigenvalue weighted by atomic mass is 35.5. The van der Waals surface area contributed by atoms with Gasteiger partial charge >= 0.3 is 0 Å². The minimum absolute atomic E-state index is 0.116. The topological polar surface area (TPSA) is 86.8 Å². The van der Waals surface area contributed by atoms with Gasteiger partial charge in [0.2, 0.25) is 21.8 Å². The molecule has 1 atom stereocenters. The van der Waals surface area contributed by atoms with Crippen LogP contribution in [-0.4, -0.2) is 50.0 Å². The summed E-state index contributed by atoms with van der Waals surface area (Å²) < 4.78 is 26.2. The molecule has 0 radical (unpaired) electrons. The summed E-state index contributed by atoms with van der Waals surface area (Å²) in [7, 11) is -3.78. The maximum atomic E-state index is 13.5. The van der Waals surface area contributed by atoms with Crippen molar-refractivity contribution in [3.63, 3.8) is 0 Å². The second kappa shape index (κ2) is 11.2. The van der Waals surface area contributed by atoms with Crippen LogP contribution in [0.5, 0.6) is 0 Å². The molecule has 1 unspecified atom stereocenters. The van der Waals surface area contributed by atoms with Crippen molar-refractivity contribution in [3.05, 3.63) is 64.7 Å². The van der Waals surface area contributed by atoms with Crippen LogP contribution in [0.4, 0.5) is 5.69 Å². The third-order valence-electron chi connectivity index (χ3n) is 6.08. The molecule has 7 nitrogen and oxygen atoms in total. The summed E-state index contributed by atoms with van der Waals surface area (Å²) in [6.45, 7) is 3.39. The van der Waals surface area contributed by atoms with E-state index in [1.54, 1.807) is 25.1 Å². The summed E-state index contributed by atoms with van der Waals surface area (Å²) in [6.07, 6.45) is 5.06. The van der Waals surface area contributed by atoms with Gasteiger partial charge in [-0.25, -0.2) is 8.42 Å². The number of anilines is 1. The number of rotatable bonds is 9. The maximum Gasteiger partial charge on any atom is 0.244 e. The Kier molecular flexibility index (Phi) is 8.60. The van der Waals surface area contributed by atoms with Gasteiger partial charge in [-0.05, 0) is 50.5 Å². The minimum atomic E-state index is -3.78. The fourth-order valence-electron chi connectivity index (χ4n) is 4.23. The van der Waals surface area contributed by atoms with Gasteiger partial charge in [0.15, 0.2) is 0 Å². The predicted octanol–water partition coefficient (Wildman–Crippen LogP) is 3.89. The number of amides is 2. The van der Waals surface area contributed by atoms with E-state index in [9.17, 15) is 18.0 Å². The molecule has 1 saturated carbocycles. The highest BCUT2D eigenvalue weighted by Gasteiger charge is 2.31. The molecule has 3 rings (SSSR count). The summed E-state index contributed by atoms with van der Waals surface area (Å²) in [5.41, 5.74) is 2.19. The van der Waals surface area contributed by atoms with Crippen LogP contribution in [0.15, 0.2) is 48.5 Å². The number of nitrogens with one attached hydrogen (secondary N) is 1. The van der Waals surface area contributed by atoms with Gasteiger partial charge in [0.05, 0.1) is 11.9 Å². The van der Waals surface area contributed by atoms with E-state index in [2.05, 4.69) is 5.32 Å². The number of aryl methyl sites for hydroxylation is 1. The van der Waals surface area contributed by atoms with Crippen molar-refractivity contribution in [2.75, 3.05) is 17.1 Å². The molecule has 184 valence electrons. The molecular weight excluding hydrogens is 474 g/mol. The van der Waals surface area contributed by atoms with Crippen LogP contribution >= 0.6 is 11.6 Å². The molecule has 0 aromatic heterocycles. The zero-order valence-electron chi connectivity index (χ0n) is 19.8. The number of halogens is 1. The Bertz CT molecular complexity index is 1130. The zero-order chi connectivity index (χ0) is 24.9. The van der Waals surface area contributed by atoms with Crippen LogP contribution in [0.3, 0.4) is 0 Å². The quantitative estimate of drug-likeness (QED) is 0.560. The van der Waals surface area contributed by atoms with Crippen molar-refractivity contribution in [3.8, 4) is 0 Å². The van der Waals surface area contributed by atoms with Crippen molar-refractivity contribution < 1.29 is 18.0 Å². The summed E-state index contributed by atoms with van der Waals surface area (Å²) in [5.74, 6) is -0.706. The Morgan fingerprint density at radius 3 is 2.41 bits per heavy atom. The third-order valence-corrected chi connectivity index (χ3v) is 7.46. The Balaban J connectivity index is 1.88. The van der Waals surface area contributed by atoms with E-state index in [0.29, 0.717) is 10.7 Å². The van der Waals surface area contributed by atoms with Crippen LogP contribution in [0.2, 0.25) is 5.02 Å². The van der Waals surface area contributed by atoms with E-state index in [1.165, 1.54) is 11.0 Å². The fraction of sp³-hybridized carbons (Fsp3) is 0.440. The number of carbonyl (C=O) groups is 2. The molecule has 34 heavy (non-hydrogen) atoms. The molecule has 9 heteroatoms. The van der Waals surface area contributed by atoms with Gasteiger partial charge in [-0.2, -0.15) is 0 Å². The molecule has 0 spiro atoms. The average molecular weight is 506 g/mol. The van der Waals surface area contributed by atoms with Gasteiger partial charge in [-0.3, -0.25) is 13.9 Å². The number of carbonyl (C=O) groups excluding carboxylic acids is 2. The van der Waals surface area contributed by atoms with E-state index >= 15 is 0 Å². The molecule has 0 heterocycles. The Morgan fingerprint density at radius 1 is 1.12 bits per heavy atom. The highest BCUT2D eigenvalue weighted by molar-refractivity contribution is 7.92. The van der Waals surface area contributed by atoms with E-state index in [-0.39, 0.29) is 18.5 Å². The molecule has 0 saturated heterocycles. The van der Waals surface area contributed by atoms with E-state index in [0.717, 1.165) is 47.4 Å². The molecule has 1 N–H and O–H groups in total. The summed E-state index contributed by atoms with van der Waals surface area (Å²) in [4.78, 5) is 28.0. The fourth-order valence-corrected chi connectivity index (χ4v) is 5.25. The molecule has 0 aliphatic heterocycles. The number of hydrogen-bond acceptors (Lipinski definition) is 4. The largest absolute Gasteiger partial charge is 0.352 e. The van der Waals surface area contributed by atoms with Crippen molar-refractivity contribution >= 4 is 39.1 Å². The molecular formula is C25H32ClN3O4S. The van der Waals surface area contributed by atoms with Crippen LogP contribution in [0.1, 0.15) is 43.7 Å². The molecule has 2 amide bonds. The molecule has 1 aliphatic rings. The first-order chi connectivity index (χ1) is 16.0. The standard InChI is InChI=1S/C25H32ClN3O4S/c1-18-8-6-9-20(14-18)16-28(19(2)25(31)27-22-11-4-5-12-22)24(30)17-29(34(3,32)33)23-13-7-10-21(26)15-23/h6-10,13-15,19,22H,4-5,11-12,16-17H2,1-3H3,(H,27,31). The molecule has 1 aliphatic carbocycles. The zero-order valence-corrected chi connectivity index (χ0v) is 21.4. The van der Waals surface area contributed by atoms with Gasteiger partial charge in [0.1, 0.15) is 12.6 Å². The first-order valence-electron chi connectivity index (χ1n) is 11.4. The van der Waals surface area contributed by atoms with Crippen molar-refractivity contribution in [1.82, 2.24) is 10.2 Å². The molecule has 0 bridgehead atoms. The van der Waals surface area contributed by atoms with Crippen LogP contribution in [0, 0.1) is 6.92 Å². The van der Waals surface area contributed by atoms with E-state index in [4.69, 9.17) is 11.6 Å². The lowest BCUT2D eigenvalue weighted by Crippen LogP contribution is -2.52. The van der Waals surface area contributed by atoms with Crippen molar-refractivity contribution in [2.45, 2.75) is 58.2 Å². The van der Waals surface area contributed by atoms with Gasteiger partial charge in [-0.1, -0.05) is 60.3 Å². The molecule has 2 aromatic carbocycles. The number of nitrogens with zero attached hydrogens (tertiary/aromatic N) is 2. The second-order valence-electron chi connectivity index (χ2n) is 8.93. The van der Waals surface area contributed by atoms with Gasteiger partial charge in [0.25, 0.3) is 0 Å². The Morgan fingerprint density at radius 2 is 1.79 bits per heavy atom. The molecule has 2 aromatic rings. The van der Waals surface area contributed by atoms with Crippen LogP contribution < -0.4 is 9.62 Å². The summed E-state index contributed by atoms with van der Waals surface area (Å²) >= 11 is 6.06. The van der Waals surface area contributed by atoms with Crippen molar-refractivity contribution in [1.29, 1.82) is 0 Å². The summed E-state index contributed by atoms with van der Waals surface area (Å²) in [5, 5.41) is 3.41. The van der Waals surface area contributed by atoms with Gasteiger partial charge in [0, 0.05) is 17.6 Å². The van der Waals surface area contributed by atoms with Crippen LogP contribution in [-0.2, 0) is 26.2 Å². The second-order valence-corrected chi connectivity index (χ2v) is 11.3. The Hall–Kier alpha value is -2.58. The lowest BCUT2D eigenvalue weighted by molar-refractivity contribution is -0.139. The number of benzene rings is 2. The van der Waals surface area contributed by atoms with E-state index in [1.807, 2.05) is 31.2 Å². The average Bonchev–Trinajstić information content (AvgIpc) is 3.27. The van der Waals surface area contributed by atoms with E-state index < -0.39 is 28.5 Å². The minimum Gasteiger partial charge on any atom is -0.352 e. The lowest BCUT2D eigenvalue weighted by atomic mass is 10.1. The lowest BCUT2D eigenvalue weighted by Gasteiger charge is -2.32. The third kappa shape index (κ3) is 6.96. The predicted molar refractivity (Wildman–Crippen MR) is 135 cm³/mol. The Labute approximate surface area is 207 Å². The van der Waals surface area contributed by atoms with Crippen molar-refractivity contribution in [2.24, 2.45) is 0 Å². The number of sulfonamides is 1. The SMILES string of the molecule is Cc1cccc(CN(C(=O)CN(c2cccc(Cl)c2)S(C)(=O)=O)C(C)C(=O)NC2CCCC2)c1. The first-order valence-corrected chi connectivity index (χ1v) is 13.7. The smallest absolute Gasteiger partial charge is 0.244 e. The highest BCUT2D eigenvalue weighted by Crippen LogP contribution is 2.23. The first kappa shape index (κ1) is 26.0. The maximum absolute atomic E-state index is 13.5.